The molecule has 1 aliphatic rings. The minimum absolute atomic E-state index is 0.439. The SMILES string of the molecule is Cc1ccc(-c2ccc(B3OC(C)(C)C(C)(Cc4cc(-c5ccc(Br)c(C)c5)cnc4C)O3)c(C)c2)cn1. The Morgan fingerprint density at radius 3 is 2.08 bits per heavy atom. The number of pyridine rings is 2. The minimum Gasteiger partial charge on any atom is -0.399 e. The van der Waals surface area contributed by atoms with Gasteiger partial charge in [0.15, 0.2) is 0 Å². The van der Waals surface area contributed by atoms with Crippen molar-refractivity contribution in [1.29, 1.82) is 0 Å². The van der Waals surface area contributed by atoms with Crippen LogP contribution in [0.5, 0.6) is 0 Å². The lowest BCUT2D eigenvalue weighted by Crippen LogP contribution is -2.46. The summed E-state index contributed by atoms with van der Waals surface area (Å²) in [5, 5.41) is 0. The maximum atomic E-state index is 6.76. The number of nitrogens with zero attached hydrogens (tertiary/aromatic N) is 2. The van der Waals surface area contributed by atoms with E-state index >= 15 is 0 Å². The van der Waals surface area contributed by atoms with Gasteiger partial charge in [-0.3, -0.25) is 9.97 Å². The van der Waals surface area contributed by atoms with Crippen molar-refractivity contribution < 1.29 is 9.31 Å². The van der Waals surface area contributed by atoms with Crippen LogP contribution in [0.25, 0.3) is 22.3 Å². The van der Waals surface area contributed by atoms with E-state index in [0.717, 1.165) is 49.1 Å². The van der Waals surface area contributed by atoms with Crippen LogP contribution < -0.4 is 5.46 Å². The second-order valence-electron chi connectivity index (χ2n) is 11.2. The van der Waals surface area contributed by atoms with Gasteiger partial charge in [-0.05, 0) is 94.4 Å². The molecule has 1 atom stereocenters. The fourth-order valence-electron chi connectivity index (χ4n) is 5.04. The predicted molar refractivity (Wildman–Crippen MR) is 160 cm³/mol. The van der Waals surface area contributed by atoms with E-state index in [-0.39, 0.29) is 0 Å². The summed E-state index contributed by atoms with van der Waals surface area (Å²) in [5.41, 5.74) is 10.1. The Morgan fingerprint density at radius 1 is 0.737 bits per heavy atom. The van der Waals surface area contributed by atoms with Gasteiger partial charge >= 0.3 is 7.12 Å². The van der Waals surface area contributed by atoms with Gasteiger partial charge in [0, 0.05) is 45.8 Å². The van der Waals surface area contributed by atoms with Gasteiger partial charge in [0.05, 0.1) is 11.2 Å². The van der Waals surface area contributed by atoms with E-state index in [1.807, 2.05) is 25.4 Å². The Morgan fingerprint density at radius 2 is 1.39 bits per heavy atom. The van der Waals surface area contributed by atoms with Gasteiger partial charge in [-0.25, -0.2) is 0 Å². The zero-order valence-electron chi connectivity index (χ0n) is 23.2. The Kier molecular flexibility index (Phi) is 7.10. The van der Waals surface area contributed by atoms with E-state index in [4.69, 9.17) is 14.3 Å². The van der Waals surface area contributed by atoms with Crippen LogP contribution >= 0.6 is 15.9 Å². The van der Waals surface area contributed by atoms with Crippen LogP contribution in [0.3, 0.4) is 0 Å². The highest BCUT2D eigenvalue weighted by Crippen LogP contribution is 2.41. The van der Waals surface area contributed by atoms with Crippen LogP contribution in [-0.2, 0) is 15.7 Å². The molecule has 3 heterocycles. The average molecular weight is 569 g/mol. The summed E-state index contributed by atoms with van der Waals surface area (Å²) in [7, 11) is -0.439. The summed E-state index contributed by atoms with van der Waals surface area (Å²) in [6.45, 7) is 14.7. The molecular weight excluding hydrogens is 535 g/mol. The molecule has 6 heteroatoms. The van der Waals surface area contributed by atoms with Crippen LogP contribution in [0.2, 0.25) is 0 Å². The first-order valence-electron chi connectivity index (χ1n) is 13.1. The monoisotopic (exact) mass is 568 g/mol. The van der Waals surface area contributed by atoms with Crippen molar-refractivity contribution in [2.75, 3.05) is 0 Å². The largest absolute Gasteiger partial charge is 0.495 e. The third kappa shape index (κ3) is 5.10. The van der Waals surface area contributed by atoms with Crippen LogP contribution in [0, 0.1) is 27.7 Å². The van der Waals surface area contributed by atoms with Gasteiger partial charge in [0.2, 0.25) is 0 Å². The summed E-state index contributed by atoms with van der Waals surface area (Å²) < 4.78 is 14.5. The van der Waals surface area contributed by atoms with Crippen molar-refractivity contribution >= 4 is 28.5 Å². The molecule has 0 saturated carbocycles. The van der Waals surface area contributed by atoms with Gasteiger partial charge in [-0.15, -0.1) is 0 Å². The van der Waals surface area contributed by atoms with E-state index < -0.39 is 18.3 Å². The molecule has 0 amide bonds. The van der Waals surface area contributed by atoms with Gasteiger partial charge in [-0.1, -0.05) is 57.9 Å². The predicted octanol–water partition coefficient (Wildman–Crippen LogP) is 7.33. The van der Waals surface area contributed by atoms with Gasteiger partial charge < -0.3 is 9.31 Å². The smallest absolute Gasteiger partial charge is 0.399 e. The van der Waals surface area contributed by atoms with Crippen molar-refractivity contribution in [3.05, 3.63) is 99.5 Å². The molecule has 4 nitrogen and oxygen atoms in total. The Hall–Kier alpha value is -2.80. The molecule has 1 unspecified atom stereocenters. The third-order valence-corrected chi connectivity index (χ3v) is 8.91. The molecule has 1 fully saturated rings. The molecule has 1 saturated heterocycles. The average Bonchev–Trinajstić information content (AvgIpc) is 3.10. The molecule has 0 aliphatic carbocycles. The van der Waals surface area contributed by atoms with Crippen molar-refractivity contribution in [1.82, 2.24) is 9.97 Å². The van der Waals surface area contributed by atoms with Crippen LogP contribution in [-0.4, -0.2) is 28.3 Å². The second kappa shape index (κ2) is 10.1. The summed E-state index contributed by atoms with van der Waals surface area (Å²) in [6, 6.07) is 19.3. The number of hydrogen-bond acceptors (Lipinski definition) is 4. The zero-order valence-corrected chi connectivity index (χ0v) is 24.8. The molecule has 2 aromatic carbocycles. The van der Waals surface area contributed by atoms with Crippen LogP contribution in [0.15, 0.2) is 71.5 Å². The molecule has 38 heavy (non-hydrogen) atoms. The Balaban J connectivity index is 1.41. The van der Waals surface area contributed by atoms with E-state index in [2.05, 4.69) is 111 Å². The number of halogens is 1. The zero-order chi connectivity index (χ0) is 27.2. The first-order chi connectivity index (χ1) is 18.0. The molecule has 0 radical (unpaired) electrons. The maximum absolute atomic E-state index is 6.76. The maximum Gasteiger partial charge on any atom is 0.495 e. The summed E-state index contributed by atoms with van der Waals surface area (Å²) in [5.74, 6) is 0. The summed E-state index contributed by atoms with van der Waals surface area (Å²) >= 11 is 3.61. The van der Waals surface area contributed by atoms with E-state index in [1.54, 1.807) is 0 Å². The van der Waals surface area contributed by atoms with Crippen LogP contribution in [0.1, 0.15) is 48.8 Å². The number of rotatable bonds is 5. The lowest BCUT2D eigenvalue weighted by molar-refractivity contribution is -0.00891. The molecule has 0 spiro atoms. The molecular formula is C32H34BBrN2O2. The molecule has 5 rings (SSSR count). The van der Waals surface area contributed by atoms with Crippen molar-refractivity contribution in [3.8, 4) is 22.3 Å². The molecule has 2 aromatic heterocycles. The molecule has 4 aromatic rings. The lowest BCUT2D eigenvalue weighted by atomic mass is 9.75. The summed E-state index contributed by atoms with van der Waals surface area (Å²) in [6.07, 6.45) is 4.58. The Labute approximate surface area is 235 Å². The van der Waals surface area contributed by atoms with Gasteiger partial charge in [0.1, 0.15) is 0 Å². The highest BCUT2D eigenvalue weighted by atomic mass is 79.9. The standard InChI is InChI=1S/C32H34BBrN2O2/c1-20-14-24(26-9-8-22(3)35-18-26)10-12-29(20)33-37-31(5,6)32(7,38-33)17-27-16-28(19-36-23(27)4)25-11-13-30(34)21(2)15-25/h8-16,18-19H,17H2,1-7H3. The van der Waals surface area contributed by atoms with E-state index in [0.29, 0.717) is 6.42 Å². The van der Waals surface area contributed by atoms with Crippen LogP contribution in [0.4, 0.5) is 0 Å². The first kappa shape index (κ1) is 26.8. The lowest BCUT2D eigenvalue weighted by Gasteiger charge is -2.37. The molecule has 0 bridgehead atoms. The van der Waals surface area contributed by atoms with E-state index in [1.165, 1.54) is 11.1 Å². The van der Waals surface area contributed by atoms with Gasteiger partial charge in [-0.2, -0.15) is 0 Å². The highest BCUT2D eigenvalue weighted by molar-refractivity contribution is 9.10. The fraction of sp³-hybridized carbons (Fsp3) is 0.312. The fourth-order valence-corrected chi connectivity index (χ4v) is 5.28. The van der Waals surface area contributed by atoms with Crippen molar-refractivity contribution in [3.63, 3.8) is 0 Å². The summed E-state index contributed by atoms with van der Waals surface area (Å²) in [4.78, 5) is 9.20. The molecule has 1 aliphatic heterocycles. The quantitative estimate of drug-likeness (QED) is 0.236. The normalized spacial score (nSPS) is 18.7. The molecule has 194 valence electrons. The number of aromatic nitrogens is 2. The highest BCUT2D eigenvalue weighted by Gasteiger charge is 2.54. The third-order valence-electron chi connectivity index (χ3n) is 8.02. The van der Waals surface area contributed by atoms with Crippen molar-refractivity contribution in [2.45, 2.75) is 66.1 Å². The second-order valence-corrected chi connectivity index (χ2v) is 12.0. The Bertz CT molecular complexity index is 1500. The van der Waals surface area contributed by atoms with Crippen molar-refractivity contribution in [2.24, 2.45) is 0 Å². The number of aryl methyl sites for hydroxylation is 4. The van der Waals surface area contributed by atoms with E-state index in [9.17, 15) is 0 Å². The molecule has 0 N–H and O–H groups in total. The minimum atomic E-state index is -0.537. The first-order valence-corrected chi connectivity index (χ1v) is 13.9. The topological polar surface area (TPSA) is 44.2 Å². The number of hydrogen-bond donors (Lipinski definition) is 0. The number of benzene rings is 2. The van der Waals surface area contributed by atoms with Gasteiger partial charge in [0.25, 0.3) is 0 Å².